The summed E-state index contributed by atoms with van der Waals surface area (Å²) < 4.78 is 40.8. The summed E-state index contributed by atoms with van der Waals surface area (Å²) >= 11 is 12.1. The molecule has 172 valence electrons. The molecule has 0 saturated heterocycles. The van der Waals surface area contributed by atoms with Gasteiger partial charge in [0.15, 0.2) is 0 Å². The molecule has 0 spiro atoms. The van der Waals surface area contributed by atoms with Gasteiger partial charge in [-0.3, -0.25) is 9.10 Å². The quantitative estimate of drug-likeness (QED) is 0.353. The lowest BCUT2D eigenvalue weighted by molar-refractivity contribution is -0.119. The summed E-state index contributed by atoms with van der Waals surface area (Å²) in [6.45, 7) is 2.89. The molecule has 10 heteroatoms. The van der Waals surface area contributed by atoms with Gasteiger partial charge in [-0.05, 0) is 61.9 Å². The molecule has 1 N–H and O–H groups in total. The van der Waals surface area contributed by atoms with Gasteiger partial charge in [-0.1, -0.05) is 53.0 Å². The molecule has 0 aliphatic carbocycles. The van der Waals surface area contributed by atoms with Crippen LogP contribution < -0.4 is 9.73 Å². The second-order valence-electron chi connectivity index (χ2n) is 7.19. The molecule has 3 rings (SSSR count). The summed E-state index contributed by atoms with van der Waals surface area (Å²) in [5.74, 6) is -1.09. The summed E-state index contributed by atoms with van der Waals surface area (Å²) in [5.41, 5.74) is 4.37. The van der Waals surface area contributed by atoms with E-state index in [9.17, 15) is 17.6 Å². The number of carbonyl (C=O) groups is 1. The highest BCUT2D eigenvalue weighted by atomic mass is 35.5. The van der Waals surface area contributed by atoms with E-state index in [0.717, 1.165) is 9.87 Å². The Hall–Kier alpha value is -2.94. The van der Waals surface area contributed by atoms with Crippen LogP contribution >= 0.6 is 23.2 Å². The Morgan fingerprint density at radius 1 is 1.00 bits per heavy atom. The van der Waals surface area contributed by atoms with Crippen molar-refractivity contribution in [2.24, 2.45) is 5.10 Å². The van der Waals surface area contributed by atoms with Gasteiger partial charge in [0.2, 0.25) is 0 Å². The van der Waals surface area contributed by atoms with Crippen molar-refractivity contribution in [3.8, 4) is 0 Å². The van der Waals surface area contributed by atoms with E-state index in [4.69, 9.17) is 23.2 Å². The van der Waals surface area contributed by atoms with Crippen LogP contribution in [0.25, 0.3) is 0 Å². The SMILES string of the molecule is C/C(=N/NC(=O)CN(c1cc(Cl)cc(Cl)c1)S(=O)(=O)c1ccc(C)cc1)c1ccc(F)cc1. The van der Waals surface area contributed by atoms with Gasteiger partial charge in [-0.25, -0.2) is 18.2 Å². The van der Waals surface area contributed by atoms with E-state index in [0.29, 0.717) is 11.3 Å². The molecule has 3 aromatic rings. The fourth-order valence-electron chi connectivity index (χ4n) is 2.90. The van der Waals surface area contributed by atoms with Crippen LogP contribution in [0.5, 0.6) is 0 Å². The van der Waals surface area contributed by atoms with Crippen molar-refractivity contribution >= 4 is 50.5 Å². The van der Waals surface area contributed by atoms with Gasteiger partial charge in [0.05, 0.1) is 16.3 Å². The molecule has 1 amide bonds. The molecule has 0 aliphatic rings. The zero-order chi connectivity index (χ0) is 24.2. The third-order valence-corrected chi connectivity index (χ3v) is 6.87. The molecule has 0 radical (unpaired) electrons. The minimum atomic E-state index is -4.13. The van der Waals surface area contributed by atoms with Crippen molar-refractivity contribution in [1.29, 1.82) is 0 Å². The van der Waals surface area contributed by atoms with Crippen LogP contribution in [0.2, 0.25) is 10.0 Å². The first-order valence-electron chi connectivity index (χ1n) is 9.71. The van der Waals surface area contributed by atoms with Gasteiger partial charge in [-0.2, -0.15) is 5.10 Å². The van der Waals surface area contributed by atoms with Gasteiger partial charge in [0, 0.05) is 10.0 Å². The number of amides is 1. The zero-order valence-electron chi connectivity index (χ0n) is 17.7. The van der Waals surface area contributed by atoms with Gasteiger partial charge >= 0.3 is 0 Å². The molecule has 0 aliphatic heterocycles. The maximum Gasteiger partial charge on any atom is 0.264 e. The largest absolute Gasteiger partial charge is 0.271 e. The Morgan fingerprint density at radius 2 is 1.58 bits per heavy atom. The van der Waals surface area contributed by atoms with Crippen LogP contribution in [0.3, 0.4) is 0 Å². The van der Waals surface area contributed by atoms with Gasteiger partial charge < -0.3 is 0 Å². The van der Waals surface area contributed by atoms with Crippen molar-refractivity contribution in [1.82, 2.24) is 5.43 Å². The highest BCUT2D eigenvalue weighted by molar-refractivity contribution is 7.92. The van der Waals surface area contributed by atoms with Gasteiger partial charge in [-0.15, -0.1) is 0 Å². The first kappa shape index (κ1) is 24.7. The number of hydrogen-bond donors (Lipinski definition) is 1. The average Bonchev–Trinajstić information content (AvgIpc) is 2.75. The molecule has 3 aromatic carbocycles. The minimum absolute atomic E-state index is 0.00277. The van der Waals surface area contributed by atoms with E-state index >= 15 is 0 Å². The Kier molecular flexibility index (Phi) is 7.73. The topological polar surface area (TPSA) is 78.8 Å². The van der Waals surface area contributed by atoms with Gasteiger partial charge in [0.25, 0.3) is 15.9 Å². The predicted octanol–water partition coefficient (Wildman–Crippen LogP) is 5.18. The van der Waals surface area contributed by atoms with E-state index in [1.165, 1.54) is 54.6 Å². The number of aryl methyl sites for hydroxylation is 1. The number of anilines is 1. The Labute approximate surface area is 201 Å². The Morgan fingerprint density at radius 3 is 2.15 bits per heavy atom. The third kappa shape index (κ3) is 6.31. The molecule has 0 unspecified atom stereocenters. The van der Waals surface area contributed by atoms with Gasteiger partial charge in [0.1, 0.15) is 12.4 Å². The van der Waals surface area contributed by atoms with Crippen LogP contribution in [0, 0.1) is 12.7 Å². The van der Waals surface area contributed by atoms with Crippen molar-refractivity contribution in [3.05, 3.63) is 93.7 Å². The third-order valence-electron chi connectivity index (χ3n) is 4.64. The minimum Gasteiger partial charge on any atom is -0.271 e. The summed E-state index contributed by atoms with van der Waals surface area (Å²) in [5, 5.41) is 4.42. The van der Waals surface area contributed by atoms with Crippen molar-refractivity contribution < 1.29 is 17.6 Å². The van der Waals surface area contributed by atoms with Crippen LogP contribution in [0.1, 0.15) is 18.1 Å². The second kappa shape index (κ2) is 10.3. The van der Waals surface area contributed by atoms with E-state index < -0.39 is 28.3 Å². The summed E-state index contributed by atoms with van der Waals surface area (Å²) in [4.78, 5) is 12.7. The lowest BCUT2D eigenvalue weighted by Gasteiger charge is -2.24. The fraction of sp³-hybridized carbons (Fsp3) is 0.130. The number of nitrogens with one attached hydrogen (secondary N) is 1. The Balaban J connectivity index is 1.91. The van der Waals surface area contributed by atoms with E-state index in [2.05, 4.69) is 10.5 Å². The van der Waals surface area contributed by atoms with E-state index in [-0.39, 0.29) is 20.6 Å². The highest BCUT2D eigenvalue weighted by Gasteiger charge is 2.27. The molecule has 0 atom stereocenters. The monoisotopic (exact) mass is 507 g/mol. The number of benzene rings is 3. The Bertz CT molecular complexity index is 1280. The van der Waals surface area contributed by atoms with Crippen molar-refractivity contribution in [2.75, 3.05) is 10.8 Å². The summed E-state index contributed by atoms with van der Waals surface area (Å²) in [7, 11) is -4.13. The highest BCUT2D eigenvalue weighted by Crippen LogP contribution is 2.29. The number of rotatable bonds is 7. The molecular formula is C23H20Cl2FN3O3S. The first-order chi connectivity index (χ1) is 15.6. The molecule has 0 aromatic heterocycles. The number of hydrogen-bond acceptors (Lipinski definition) is 4. The predicted molar refractivity (Wildman–Crippen MR) is 129 cm³/mol. The van der Waals surface area contributed by atoms with Crippen LogP contribution in [-0.4, -0.2) is 26.6 Å². The molecule has 0 heterocycles. The lowest BCUT2D eigenvalue weighted by atomic mass is 10.1. The second-order valence-corrected chi connectivity index (χ2v) is 9.93. The van der Waals surface area contributed by atoms with Crippen molar-refractivity contribution in [3.63, 3.8) is 0 Å². The molecule has 0 fully saturated rings. The summed E-state index contributed by atoms with van der Waals surface area (Å²) in [6, 6.07) is 16.1. The van der Waals surface area contributed by atoms with E-state index in [1.807, 2.05) is 6.92 Å². The van der Waals surface area contributed by atoms with Crippen LogP contribution in [0.15, 0.2) is 76.7 Å². The molecular weight excluding hydrogens is 488 g/mol. The first-order valence-corrected chi connectivity index (χ1v) is 11.9. The number of halogens is 3. The maximum atomic E-state index is 13.4. The number of nitrogens with zero attached hydrogens (tertiary/aromatic N) is 2. The van der Waals surface area contributed by atoms with Crippen molar-refractivity contribution in [2.45, 2.75) is 18.7 Å². The lowest BCUT2D eigenvalue weighted by Crippen LogP contribution is -2.39. The maximum absolute atomic E-state index is 13.4. The van der Waals surface area contributed by atoms with Crippen LogP contribution in [-0.2, 0) is 14.8 Å². The molecule has 33 heavy (non-hydrogen) atoms. The molecule has 0 bridgehead atoms. The number of carbonyl (C=O) groups excluding carboxylic acids is 1. The normalized spacial score (nSPS) is 11.8. The standard InChI is InChI=1S/C23H20Cl2FN3O3S/c1-15-3-9-22(10-4-15)33(31,32)29(21-12-18(24)11-19(25)13-21)14-23(30)28-27-16(2)17-5-7-20(26)8-6-17/h3-13H,14H2,1-2H3,(H,28,30)/b27-16-. The van der Waals surface area contributed by atoms with Crippen LogP contribution in [0.4, 0.5) is 10.1 Å². The molecule has 6 nitrogen and oxygen atoms in total. The smallest absolute Gasteiger partial charge is 0.264 e. The average molecular weight is 508 g/mol. The zero-order valence-corrected chi connectivity index (χ0v) is 20.0. The number of hydrazone groups is 1. The fourth-order valence-corrected chi connectivity index (χ4v) is 4.82. The van der Waals surface area contributed by atoms with E-state index in [1.54, 1.807) is 19.1 Å². The molecule has 0 saturated carbocycles. The summed E-state index contributed by atoms with van der Waals surface area (Å²) in [6.07, 6.45) is 0. The number of sulfonamides is 1.